The van der Waals surface area contributed by atoms with E-state index < -0.39 is 0 Å². The van der Waals surface area contributed by atoms with Gasteiger partial charge in [-0.25, -0.2) is 0 Å². The van der Waals surface area contributed by atoms with Crippen molar-refractivity contribution in [1.29, 1.82) is 0 Å². The molecule has 16 heavy (non-hydrogen) atoms. The zero-order chi connectivity index (χ0) is 11.6. The Hall–Kier alpha value is -0.160. The predicted octanol–water partition coefficient (Wildman–Crippen LogP) is 0.210. The second-order valence-corrected chi connectivity index (χ2v) is 5.65. The molecular formula is C12H24N2O2. The molecular weight excluding hydrogens is 204 g/mol. The molecule has 4 nitrogen and oxygen atoms in total. The SMILES string of the molecule is CC1(C)COCCN1CC(O)CNC1CC1. The first kappa shape index (κ1) is 12.3. The summed E-state index contributed by atoms with van der Waals surface area (Å²) in [5.74, 6) is 0. The maximum Gasteiger partial charge on any atom is 0.0791 e. The van der Waals surface area contributed by atoms with Crippen LogP contribution in [0.25, 0.3) is 0 Å². The van der Waals surface area contributed by atoms with Gasteiger partial charge in [-0.3, -0.25) is 4.90 Å². The number of β-amino-alcohol motifs (C(OH)–C–C–N with tert-alkyl or cyclic N) is 1. The Labute approximate surface area is 98.0 Å². The van der Waals surface area contributed by atoms with Gasteiger partial charge < -0.3 is 15.2 Å². The number of morpholine rings is 1. The Bertz CT molecular complexity index is 229. The van der Waals surface area contributed by atoms with Crippen LogP contribution >= 0.6 is 0 Å². The number of rotatable bonds is 5. The maximum atomic E-state index is 9.97. The molecule has 1 heterocycles. The molecule has 94 valence electrons. The standard InChI is InChI=1S/C12H24N2O2/c1-12(2)9-16-6-5-14(12)8-11(15)7-13-10-3-4-10/h10-11,13,15H,3-9H2,1-2H3. The summed E-state index contributed by atoms with van der Waals surface area (Å²) in [5, 5.41) is 13.3. The van der Waals surface area contributed by atoms with Gasteiger partial charge in [-0.15, -0.1) is 0 Å². The van der Waals surface area contributed by atoms with Crippen molar-refractivity contribution in [2.45, 2.75) is 44.4 Å². The first-order valence-electron chi connectivity index (χ1n) is 6.32. The van der Waals surface area contributed by atoms with Gasteiger partial charge in [-0.2, -0.15) is 0 Å². The molecule has 0 spiro atoms. The number of ether oxygens (including phenoxy) is 1. The highest BCUT2D eigenvalue weighted by molar-refractivity contribution is 4.87. The molecule has 1 saturated carbocycles. The van der Waals surface area contributed by atoms with Gasteiger partial charge in [0.25, 0.3) is 0 Å². The number of nitrogens with one attached hydrogen (secondary N) is 1. The summed E-state index contributed by atoms with van der Waals surface area (Å²) in [6.07, 6.45) is 2.28. The Kier molecular flexibility index (Phi) is 3.85. The molecule has 0 amide bonds. The number of nitrogens with zero attached hydrogens (tertiary/aromatic N) is 1. The van der Waals surface area contributed by atoms with Crippen molar-refractivity contribution in [3.63, 3.8) is 0 Å². The van der Waals surface area contributed by atoms with Gasteiger partial charge in [-0.1, -0.05) is 0 Å². The second kappa shape index (κ2) is 5.00. The molecule has 1 unspecified atom stereocenters. The van der Waals surface area contributed by atoms with Crippen LogP contribution in [0, 0.1) is 0 Å². The number of aliphatic hydroxyl groups excluding tert-OH is 1. The van der Waals surface area contributed by atoms with Crippen LogP contribution in [0.4, 0.5) is 0 Å². The molecule has 1 saturated heterocycles. The Morgan fingerprint density at radius 3 is 2.88 bits per heavy atom. The van der Waals surface area contributed by atoms with E-state index in [9.17, 15) is 5.11 Å². The van der Waals surface area contributed by atoms with Crippen LogP contribution < -0.4 is 5.32 Å². The molecule has 1 aliphatic carbocycles. The van der Waals surface area contributed by atoms with Crippen LogP contribution in [0.15, 0.2) is 0 Å². The molecule has 1 aliphatic heterocycles. The van der Waals surface area contributed by atoms with Crippen LogP contribution in [-0.4, -0.2) is 60.5 Å². The lowest BCUT2D eigenvalue weighted by molar-refractivity contribution is -0.0659. The highest BCUT2D eigenvalue weighted by atomic mass is 16.5. The van der Waals surface area contributed by atoms with Gasteiger partial charge in [0.1, 0.15) is 0 Å². The third-order valence-corrected chi connectivity index (χ3v) is 3.47. The van der Waals surface area contributed by atoms with E-state index in [4.69, 9.17) is 4.74 Å². The normalized spacial score (nSPS) is 27.9. The fourth-order valence-corrected chi connectivity index (χ4v) is 2.14. The summed E-state index contributed by atoms with van der Waals surface area (Å²) in [4.78, 5) is 2.33. The predicted molar refractivity (Wildman–Crippen MR) is 63.5 cm³/mol. The zero-order valence-corrected chi connectivity index (χ0v) is 10.4. The Morgan fingerprint density at radius 1 is 1.50 bits per heavy atom. The van der Waals surface area contributed by atoms with Gasteiger partial charge in [0.2, 0.25) is 0 Å². The first-order chi connectivity index (χ1) is 7.58. The lowest BCUT2D eigenvalue weighted by Crippen LogP contribution is -2.56. The summed E-state index contributed by atoms with van der Waals surface area (Å²) < 4.78 is 5.47. The highest BCUT2D eigenvalue weighted by Gasteiger charge is 2.31. The van der Waals surface area contributed by atoms with Gasteiger partial charge in [-0.05, 0) is 26.7 Å². The fourth-order valence-electron chi connectivity index (χ4n) is 2.14. The molecule has 2 aliphatic rings. The second-order valence-electron chi connectivity index (χ2n) is 5.65. The molecule has 2 fully saturated rings. The summed E-state index contributed by atoms with van der Waals surface area (Å²) in [7, 11) is 0. The minimum Gasteiger partial charge on any atom is -0.390 e. The average molecular weight is 228 g/mol. The highest BCUT2D eigenvalue weighted by Crippen LogP contribution is 2.20. The third kappa shape index (κ3) is 3.42. The quantitative estimate of drug-likeness (QED) is 0.706. The van der Waals surface area contributed by atoms with E-state index in [-0.39, 0.29) is 11.6 Å². The molecule has 0 radical (unpaired) electrons. The van der Waals surface area contributed by atoms with Crippen molar-refractivity contribution in [3.8, 4) is 0 Å². The smallest absolute Gasteiger partial charge is 0.0791 e. The van der Waals surface area contributed by atoms with Crippen LogP contribution in [0.3, 0.4) is 0 Å². The van der Waals surface area contributed by atoms with E-state index in [1.165, 1.54) is 12.8 Å². The van der Waals surface area contributed by atoms with Crippen molar-refractivity contribution in [3.05, 3.63) is 0 Å². The zero-order valence-electron chi connectivity index (χ0n) is 10.4. The largest absolute Gasteiger partial charge is 0.390 e. The van der Waals surface area contributed by atoms with Crippen LogP contribution in [0.2, 0.25) is 0 Å². The van der Waals surface area contributed by atoms with E-state index in [0.29, 0.717) is 6.04 Å². The summed E-state index contributed by atoms with van der Waals surface area (Å²) in [6.45, 7) is 8.28. The van der Waals surface area contributed by atoms with E-state index in [0.717, 1.165) is 32.8 Å². The van der Waals surface area contributed by atoms with Gasteiger partial charge in [0.05, 0.1) is 19.3 Å². The molecule has 2 rings (SSSR count). The topological polar surface area (TPSA) is 44.7 Å². The number of hydrogen-bond donors (Lipinski definition) is 2. The fraction of sp³-hybridized carbons (Fsp3) is 1.00. The lowest BCUT2D eigenvalue weighted by atomic mass is 10.0. The van der Waals surface area contributed by atoms with E-state index >= 15 is 0 Å². The minimum atomic E-state index is -0.266. The monoisotopic (exact) mass is 228 g/mol. The van der Waals surface area contributed by atoms with Gasteiger partial charge >= 0.3 is 0 Å². The van der Waals surface area contributed by atoms with Gasteiger partial charge in [0, 0.05) is 31.2 Å². The van der Waals surface area contributed by atoms with Crippen LogP contribution in [0.1, 0.15) is 26.7 Å². The molecule has 0 bridgehead atoms. The first-order valence-corrected chi connectivity index (χ1v) is 6.32. The molecule has 2 N–H and O–H groups in total. The van der Waals surface area contributed by atoms with Gasteiger partial charge in [0.15, 0.2) is 0 Å². The van der Waals surface area contributed by atoms with Crippen LogP contribution in [-0.2, 0) is 4.74 Å². The van der Waals surface area contributed by atoms with E-state index in [1.807, 2.05) is 0 Å². The summed E-state index contributed by atoms with van der Waals surface area (Å²) in [6, 6.07) is 0.673. The minimum absolute atomic E-state index is 0.0544. The molecule has 0 aromatic heterocycles. The number of hydrogen-bond acceptors (Lipinski definition) is 4. The Balaban J connectivity index is 1.73. The lowest BCUT2D eigenvalue weighted by Gasteiger charge is -2.43. The van der Waals surface area contributed by atoms with Crippen molar-refractivity contribution in [1.82, 2.24) is 10.2 Å². The maximum absolute atomic E-state index is 9.97. The van der Waals surface area contributed by atoms with E-state index in [2.05, 4.69) is 24.1 Å². The van der Waals surface area contributed by atoms with Crippen molar-refractivity contribution >= 4 is 0 Å². The number of aliphatic hydroxyl groups is 1. The Morgan fingerprint density at radius 2 is 2.25 bits per heavy atom. The summed E-state index contributed by atoms with van der Waals surface area (Å²) >= 11 is 0. The third-order valence-electron chi connectivity index (χ3n) is 3.47. The molecule has 4 heteroatoms. The van der Waals surface area contributed by atoms with Crippen molar-refractivity contribution in [2.75, 3.05) is 32.8 Å². The van der Waals surface area contributed by atoms with E-state index in [1.54, 1.807) is 0 Å². The molecule has 0 aromatic carbocycles. The van der Waals surface area contributed by atoms with Crippen molar-refractivity contribution in [2.24, 2.45) is 0 Å². The van der Waals surface area contributed by atoms with Crippen molar-refractivity contribution < 1.29 is 9.84 Å². The summed E-state index contributed by atoms with van der Waals surface area (Å²) in [5.41, 5.74) is 0.0544. The molecule has 1 atom stereocenters. The average Bonchev–Trinajstić information content (AvgIpc) is 3.02. The molecule has 0 aromatic rings. The van der Waals surface area contributed by atoms with Crippen LogP contribution in [0.5, 0.6) is 0 Å².